The highest BCUT2D eigenvalue weighted by Crippen LogP contribution is 2.23. The number of benzene rings is 1. The number of carbonyl (C=O) groups excluding carboxylic acids is 1. The second kappa shape index (κ2) is 7.92. The summed E-state index contributed by atoms with van der Waals surface area (Å²) in [5.74, 6) is 0.156. The van der Waals surface area contributed by atoms with Crippen LogP contribution >= 0.6 is 0 Å². The molecule has 1 fully saturated rings. The molecule has 0 aliphatic heterocycles. The third-order valence-electron chi connectivity index (χ3n) is 4.45. The predicted octanol–water partition coefficient (Wildman–Crippen LogP) is 1.62. The molecule has 7 heteroatoms. The molecule has 3 N–H and O–H groups in total. The number of para-hydroxylation sites is 1. The lowest BCUT2D eigenvalue weighted by Gasteiger charge is -2.30. The van der Waals surface area contributed by atoms with Crippen molar-refractivity contribution in [1.82, 2.24) is 25.6 Å². The maximum Gasteiger partial charge on any atom is 0.315 e. The van der Waals surface area contributed by atoms with Crippen molar-refractivity contribution in [3.05, 3.63) is 42.2 Å². The van der Waals surface area contributed by atoms with Gasteiger partial charge in [-0.25, -0.2) is 9.48 Å². The first-order valence-electron chi connectivity index (χ1n) is 8.38. The summed E-state index contributed by atoms with van der Waals surface area (Å²) in [5, 5.41) is 23.3. The van der Waals surface area contributed by atoms with Crippen molar-refractivity contribution in [3.63, 3.8) is 0 Å². The number of hydrogen-bond donors (Lipinski definition) is 3. The van der Waals surface area contributed by atoms with E-state index in [1.807, 2.05) is 30.3 Å². The third kappa shape index (κ3) is 4.11. The Morgan fingerprint density at radius 3 is 2.83 bits per heavy atom. The topological polar surface area (TPSA) is 92.1 Å². The lowest BCUT2D eigenvalue weighted by atomic mass is 9.85. The first-order chi connectivity index (χ1) is 11.8. The summed E-state index contributed by atoms with van der Waals surface area (Å²) in [7, 11) is 0. The molecule has 1 saturated carbocycles. The molecule has 7 nitrogen and oxygen atoms in total. The molecule has 1 aliphatic carbocycles. The maximum atomic E-state index is 12.1. The lowest BCUT2D eigenvalue weighted by molar-refractivity contribution is 0.153. The van der Waals surface area contributed by atoms with Crippen molar-refractivity contribution in [2.75, 3.05) is 6.61 Å². The molecule has 1 aromatic heterocycles. The van der Waals surface area contributed by atoms with Crippen LogP contribution in [0, 0.1) is 5.92 Å². The Balaban J connectivity index is 1.50. The Morgan fingerprint density at radius 2 is 2.04 bits per heavy atom. The summed E-state index contributed by atoms with van der Waals surface area (Å²) in [6.07, 6.45) is 5.89. The summed E-state index contributed by atoms with van der Waals surface area (Å²) in [4.78, 5) is 12.1. The first kappa shape index (κ1) is 16.4. The van der Waals surface area contributed by atoms with Crippen LogP contribution < -0.4 is 10.6 Å². The Hall–Kier alpha value is -2.41. The summed E-state index contributed by atoms with van der Waals surface area (Å²) >= 11 is 0. The van der Waals surface area contributed by atoms with E-state index in [9.17, 15) is 9.90 Å². The summed E-state index contributed by atoms with van der Waals surface area (Å²) < 4.78 is 1.68. The van der Waals surface area contributed by atoms with E-state index in [0.717, 1.165) is 31.4 Å². The number of urea groups is 1. The molecule has 2 amide bonds. The third-order valence-corrected chi connectivity index (χ3v) is 4.45. The fourth-order valence-corrected chi connectivity index (χ4v) is 3.09. The molecule has 3 rings (SSSR count). The zero-order chi connectivity index (χ0) is 16.8. The minimum Gasteiger partial charge on any atom is -0.396 e. The largest absolute Gasteiger partial charge is 0.396 e. The second-order valence-corrected chi connectivity index (χ2v) is 6.15. The highest BCUT2D eigenvalue weighted by molar-refractivity contribution is 5.74. The number of aliphatic hydroxyl groups is 1. The normalized spacial score (nSPS) is 20.5. The van der Waals surface area contributed by atoms with Crippen LogP contribution in [0.1, 0.15) is 31.4 Å². The van der Waals surface area contributed by atoms with Crippen LogP contribution in [-0.2, 0) is 6.54 Å². The predicted molar refractivity (Wildman–Crippen MR) is 89.6 cm³/mol. The number of hydrogen-bond acceptors (Lipinski definition) is 4. The first-order valence-corrected chi connectivity index (χ1v) is 8.38. The number of carbonyl (C=O) groups is 1. The van der Waals surface area contributed by atoms with E-state index >= 15 is 0 Å². The number of amides is 2. The average Bonchev–Trinajstić information content (AvgIpc) is 3.10. The van der Waals surface area contributed by atoms with Crippen molar-refractivity contribution >= 4 is 6.03 Å². The standard InChI is InChI=1S/C17H23N5O2/c23-12-13-6-4-5-9-16(13)19-17(24)18-10-14-11-22(21-20-14)15-7-2-1-3-8-15/h1-3,7-8,11,13,16,23H,4-6,9-10,12H2,(H2,18,19,24)/t13-,16-/m0/s1. The van der Waals surface area contributed by atoms with Gasteiger partial charge in [0.05, 0.1) is 18.4 Å². The van der Waals surface area contributed by atoms with Gasteiger partial charge in [0.2, 0.25) is 0 Å². The number of aromatic nitrogens is 3. The molecule has 1 aliphatic rings. The van der Waals surface area contributed by atoms with Crippen LogP contribution in [-0.4, -0.2) is 38.8 Å². The Morgan fingerprint density at radius 1 is 1.25 bits per heavy atom. The Kier molecular flexibility index (Phi) is 5.43. The molecular weight excluding hydrogens is 306 g/mol. The monoisotopic (exact) mass is 329 g/mol. The van der Waals surface area contributed by atoms with Gasteiger partial charge in [-0.05, 0) is 25.0 Å². The average molecular weight is 329 g/mol. The van der Waals surface area contributed by atoms with Gasteiger partial charge in [0.15, 0.2) is 0 Å². The van der Waals surface area contributed by atoms with Gasteiger partial charge >= 0.3 is 6.03 Å². The van der Waals surface area contributed by atoms with Crippen molar-refractivity contribution in [2.24, 2.45) is 5.92 Å². The number of nitrogens with one attached hydrogen (secondary N) is 2. The smallest absolute Gasteiger partial charge is 0.315 e. The summed E-state index contributed by atoms with van der Waals surface area (Å²) in [6.45, 7) is 0.436. The van der Waals surface area contributed by atoms with E-state index in [2.05, 4.69) is 20.9 Å². The highest BCUT2D eigenvalue weighted by Gasteiger charge is 2.25. The van der Waals surface area contributed by atoms with E-state index in [1.165, 1.54) is 0 Å². The van der Waals surface area contributed by atoms with Gasteiger partial charge in [-0.3, -0.25) is 0 Å². The van der Waals surface area contributed by atoms with Crippen LogP contribution in [0.15, 0.2) is 36.5 Å². The van der Waals surface area contributed by atoms with Crippen molar-refractivity contribution in [2.45, 2.75) is 38.3 Å². The highest BCUT2D eigenvalue weighted by atomic mass is 16.3. The number of nitrogens with zero attached hydrogens (tertiary/aromatic N) is 3. The van der Waals surface area contributed by atoms with Gasteiger partial charge in [-0.1, -0.05) is 36.3 Å². The van der Waals surface area contributed by atoms with Crippen molar-refractivity contribution in [3.8, 4) is 5.69 Å². The van der Waals surface area contributed by atoms with Crippen molar-refractivity contribution < 1.29 is 9.90 Å². The van der Waals surface area contributed by atoms with Crippen molar-refractivity contribution in [1.29, 1.82) is 0 Å². The van der Waals surface area contributed by atoms with Crippen LogP contribution in [0.3, 0.4) is 0 Å². The van der Waals surface area contributed by atoms with Crippen LogP contribution in [0.5, 0.6) is 0 Å². The number of rotatable bonds is 5. The molecule has 24 heavy (non-hydrogen) atoms. The molecule has 2 atom stereocenters. The zero-order valence-corrected chi connectivity index (χ0v) is 13.6. The van der Waals surface area contributed by atoms with Gasteiger partial charge in [0, 0.05) is 18.6 Å². The second-order valence-electron chi connectivity index (χ2n) is 6.15. The minimum atomic E-state index is -0.227. The fourth-order valence-electron chi connectivity index (χ4n) is 3.09. The molecule has 1 aromatic carbocycles. The zero-order valence-electron chi connectivity index (χ0n) is 13.6. The van der Waals surface area contributed by atoms with Gasteiger partial charge in [0.1, 0.15) is 5.69 Å². The molecule has 0 unspecified atom stereocenters. The summed E-state index contributed by atoms with van der Waals surface area (Å²) in [5.41, 5.74) is 1.62. The van der Waals surface area contributed by atoms with E-state index < -0.39 is 0 Å². The molecule has 0 saturated heterocycles. The van der Waals surface area contributed by atoms with Gasteiger partial charge < -0.3 is 15.7 Å². The van der Waals surface area contributed by atoms with Gasteiger partial charge in [-0.2, -0.15) is 0 Å². The van der Waals surface area contributed by atoms with E-state index in [4.69, 9.17) is 0 Å². The van der Waals surface area contributed by atoms with Gasteiger partial charge in [-0.15, -0.1) is 5.10 Å². The molecular formula is C17H23N5O2. The fraction of sp³-hybridized carbons (Fsp3) is 0.471. The molecule has 2 aromatic rings. The quantitative estimate of drug-likeness (QED) is 0.777. The van der Waals surface area contributed by atoms with Crippen LogP contribution in [0.2, 0.25) is 0 Å². The number of aliphatic hydroxyl groups excluding tert-OH is 1. The van der Waals surface area contributed by atoms with Crippen LogP contribution in [0.4, 0.5) is 4.79 Å². The van der Waals surface area contributed by atoms with E-state index in [0.29, 0.717) is 12.2 Å². The molecule has 0 radical (unpaired) electrons. The van der Waals surface area contributed by atoms with E-state index in [-0.39, 0.29) is 24.6 Å². The Labute approximate surface area is 141 Å². The lowest BCUT2D eigenvalue weighted by Crippen LogP contribution is -2.47. The maximum absolute atomic E-state index is 12.1. The Bertz CT molecular complexity index is 658. The minimum absolute atomic E-state index is 0.0451. The molecule has 1 heterocycles. The molecule has 0 bridgehead atoms. The summed E-state index contributed by atoms with van der Waals surface area (Å²) in [6, 6.07) is 9.51. The SMILES string of the molecule is O=C(NCc1cn(-c2ccccc2)nn1)N[C@H]1CCCC[C@H]1CO. The van der Waals surface area contributed by atoms with Gasteiger partial charge in [0.25, 0.3) is 0 Å². The van der Waals surface area contributed by atoms with E-state index in [1.54, 1.807) is 10.9 Å². The molecule has 128 valence electrons. The van der Waals surface area contributed by atoms with Crippen LogP contribution in [0.25, 0.3) is 5.69 Å². The molecule has 0 spiro atoms.